The average Bonchev–Trinajstić information content (AvgIpc) is 3.24. The van der Waals surface area contributed by atoms with Crippen LogP contribution in [0.4, 0.5) is 0 Å². The van der Waals surface area contributed by atoms with Gasteiger partial charge in [-0.25, -0.2) is 4.98 Å². The summed E-state index contributed by atoms with van der Waals surface area (Å²) >= 11 is 0. The molecule has 0 atom stereocenters. The standard InChI is InChI=1S/C29H26N2O2/c1-32-26-18-10-11-19-27(26)33-21-20-31-25-17-9-8-16-24(25)30-29(31)28(22-12-4-2-5-13-22)23-14-6-3-7-15-23/h2-19,28H,20-21H2,1H3. The van der Waals surface area contributed by atoms with Gasteiger partial charge in [0, 0.05) is 0 Å². The van der Waals surface area contributed by atoms with Crippen LogP contribution in [0, 0.1) is 0 Å². The molecule has 0 aliphatic carbocycles. The summed E-state index contributed by atoms with van der Waals surface area (Å²) in [6.45, 7) is 1.17. The first kappa shape index (κ1) is 20.8. The number of benzene rings is 4. The molecular weight excluding hydrogens is 408 g/mol. The van der Waals surface area contributed by atoms with E-state index in [4.69, 9.17) is 14.5 Å². The second-order valence-corrected chi connectivity index (χ2v) is 7.86. The first-order valence-electron chi connectivity index (χ1n) is 11.2. The van der Waals surface area contributed by atoms with Gasteiger partial charge in [-0.15, -0.1) is 0 Å². The van der Waals surface area contributed by atoms with Crippen molar-refractivity contribution in [2.45, 2.75) is 12.5 Å². The number of hydrogen-bond donors (Lipinski definition) is 0. The lowest BCUT2D eigenvalue weighted by molar-refractivity contribution is 0.279. The zero-order valence-corrected chi connectivity index (χ0v) is 18.6. The van der Waals surface area contributed by atoms with Crippen molar-refractivity contribution in [3.05, 3.63) is 126 Å². The normalized spacial score (nSPS) is 11.1. The summed E-state index contributed by atoms with van der Waals surface area (Å²) in [4.78, 5) is 5.11. The summed E-state index contributed by atoms with van der Waals surface area (Å²) < 4.78 is 13.8. The Morgan fingerprint density at radius 3 is 1.94 bits per heavy atom. The van der Waals surface area contributed by atoms with E-state index in [9.17, 15) is 0 Å². The highest BCUT2D eigenvalue weighted by molar-refractivity contribution is 5.76. The minimum absolute atomic E-state index is 0.0195. The van der Waals surface area contributed by atoms with Crippen LogP contribution in [0.15, 0.2) is 109 Å². The van der Waals surface area contributed by atoms with Gasteiger partial charge in [-0.3, -0.25) is 0 Å². The number of imidazole rings is 1. The summed E-state index contributed by atoms with van der Waals surface area (Å²) in [7, 11) is 1.66. The molecule has 5 aromatic rings. The molecule has 0 bridgehead atoms. The molecule has 0 fully saturated rings. The number of hydrogen-bond acceptors (Lipinski definition) is 3. The van der Waals surface area contributed by atoms with Crippen molar-refractivity contribution in [3.63, 3.8) is 0 Å². The summed E-state index contributed by atoms with van der Waals surface area (Å²) in [5.41, 5.74) is 4.52. The van der Waals surface area contributed by atoms with E-state index in [1.807, 2.05) is 30.3 Å². The second-order valence-electron chi connectivity index (χ2n) is 7.86. The molecule has 0 saturated heterocycles. The molecule has 4 aromatic carbocycles. The van der Waals surface area contributed by atoms with Crippen molar-refractivity contribution in [3.8, 4) is 11.5 Å². The molecule has 0 aliphatic rings. The first-order valence-corrected chi connectivity index (χ1v) is 11.2. The Morgan fingerprint density at radius 2 is 1.27 bits per heavy atom. The van der Waals surface area contributed by atoms with E-state index in [0.29, 0.717) is 13.2 Å². The van der Waals surface area contributed by atoms with Crippen LogP contribution >= 0.6 is 0 Å². The second kappa shape index (κ2) is 9.61. The molecular formula is C29H26N2O2. The zero-order chi connectivity index (χ0) is 22.5. The maximum Gasteiger partial charge on any atom is 0.161 e. The highest BCUT2D eigenvalue weighted by Gasteiger charge is 2.23. The van der Waals surface area contributed by atoms with Crippen molar-refractivity contribution < 1.29 is 9.47 Å². The first-order chi connectivity index (χ1) is 16.3. The number of ether oxygens (including phenoxy) is 2. The van der Waals surface area contributed by atoms with Gasteiger partial charge in [-0.05, 0) is 35.4 Å². The molecule has 0 aliphatic heterocycles. The highest BCUT2D eigenvalue weighted by Crippen LogP contribution is 2.33. The number of methoxy groups -OCH3 is 1. The van der Waals surface area contributed by atoms with E-state index in [0.717, 1.165) is 28.4 Å². The van der Waals surface area contributed by atoms with E-state index in [2.05, 4.69) is 83.4 Å². The van der Waals surface area contributed by atoms with E-state index in [-0.39, 0.29) is 5.92 Å². The maximum atomic E-state index is 6.12. The van der Waals surface area contributed by atoms with Crippen LogP contribution in [0.2, 0.25) is 0 Å². The smallest absolute Gasteiger partial charge is 0.161 e. The fourth-order valence-electron chi connectivity index (χ4n) is 4.32. The monoisotopic (exact) mass is 434 g/mol. The minimum Gasteiger partial charge on any atom is -0.493 e. The van der Waals surface area contributed by atoms with Gasteiger partial charge in [0.2, 0.25) is 0 Å². The number of para-hydroxylation sites is 4. The van der Waals surface area contributed by atoms with Gasteiger partial charge >= 0.3 is 0 Å². The molecule has 1 heterocycles. The predicted octanol–water partition coefficient (Wildman–Crippen LogP) is 6.30. The van der Waals surface area contributed by atoms with Crippen molar-refractivity contribution in [1.29, 1.82) is 0 Å². The van der Waals surface area contributed by atoms with E-state index >= 15 is 0 Å². The Bertz CT molecular complexity index is 1290. The van der Waals surface area contributed by atoms with E-state index in [1.54, 1.807) is 7.11 Å². The molecule has 0 spiro atoms. The number of nitrogens with zero attached hydrogens (tertiary/aromatic N) is 2. The molecule has 5 rings (SSSR count). The van der Waals surface area contributed by atoms with Gasteiger partial charge in [0.25, 0.3) is 0 Å². The third-order valence-electron chi connectivity index (χ3n) is 5.85. The van der Waals surface area contributed by atoms with Crippen LogP contribution in [-0.2, 0) is 6.54 Å². The lowest BCUT2D eigenvalue weighted by Gasteiger charge is -2.20. The van der Waals surface area contributed by atoms with Gasteiger partial charge in [0.05, 0.1) is 30.6 Å². The highest BCUT2D eigenvalue weighted by atomic mass is 16.5. The number of fused-ring (bicyclic) bond motifs is 1. The molecule has 0 unspecified atom stereocenters. The van der Waals surface area contributed by atoms with Crippen LogP contribution in [0.3, 0.4) is 0 Å². The van der Waals surface area contributed by atoms with Crippen molar-refractivity contribution in [1.82, 2.24) is 9.55 Å². The summed E-state index contributed by atoms with van der Waals surface area (Å²) in [5.74, 6) is 2.51. The quantitative estimate of drug-likeness (QED) is 0.287. The Kier molecular flexibility index (Phi) is 6.07. The fourth-order valence-corrected chi connectivity index (χ4v) is 4.32. The number of aromatic nitrogens is 2. The molecule has 0 saturated carbocycles. The fraction of sp³-hybridized carbons (Fsp3) is 0.138. The van der Waals surface area contributed by atoms with Gasteiger partial charge in [0.15, 0.2) is 11.5 Å². The van der Waals surface area contributed by atoms with Crippen molar-refractivity contribution in [2.75, 3.05) is 13.7 Å². The van der Waals surface area contributed by atoms with Crippen LogP contribution in [0.25, 0.3) is 11.0 Å². The lowest BCUT2D eigenvalue weighted by Crippen LogP contribution is -2.16. The third kappa shape index (κ3) is 4.33. The Morgan fingerprint density at radius 1 is 0.697 bits per heavy atom. The molecule has 164 valence electrons. The minimum atomic E-state index is 0.0195. The molecule has 0 amide bonds. The van der Waals surface area contributed by atoms with Gasteiger partial charge in [-0.2, -0.15) is 0 Å². The Balaban J connectivity index is 1.55. The number of rotatable bonds is 8. The molecule has 4 nitrogen and oxygen atoms in total. The summed E-state index contributed by atoms with van der Waals surface area (Å²) in [5, 5.41) is 0. The molecule has 0 N–H and O–H groups in total. The topological polar surface area (TPSA) is 36.3 Å². The Hall–Kier alpha value is -4.05. The van der Waals surface area contributed by atoms with Gasteiger partial charge < -0.3 is 14.0 Å². The summed E-state index contributed by atoms with van der Waals surface area (Å²) in [6.07, 6.45) is 0. The molecule has 33 heavy (non-hydrogen) atoms. The van der Waals surface area contributed by atoms with Crippen LogP contribution in [0.5, 0.6) is 11.5 Å². The predicted molar refractivity (Wildman–Crippen MR) is 132 cm³/mol. The lowest BCUT2D eigenvalue weighted by atomic mass is 9.90. The van der Waals surface area contributed by atoms with Crippen LogP contribution in [0.1, 0.15) is 22.9 Å². The molecule has 4 heteroatoms. The van der Waals surface area contributed by atoms with Crippen LogP contribution in [-0.4, -0.2) is 23.3 Å². The van der Waals surface area contributed by atoms with Gasteiger partial charge in [0.1, 0.15) is 12.4 Å². The molecule has 0 radical (unpaired) electrons. The van der Waals surface area contributed by atoms with Crippen LogP contribution < -0.4 is 9.47 Å². The van der Waals surface area contributed by atoms with E-state index in [1.165, 1.54) is 11.1 Å². The third-order valence-corrected chi connectivity index (χ3v) is 5.85. The van der Waals surface area contributed by atoms with Crippen molar-refractivity contribution in [2.24, 2.45) is 0 Å². The van der Waals surface area contributed by atoms with Crippen molar-refractivity contribution >= 4 is 11.0 Å². The van der Waals surface area contributed by atoms with Gasteiger partial charge in [-0.1, -0.05) is 84.9 Å². The summed E-state index contributed by atoms with van der Waals surface area (Å²) in [6, 6.07) is 37.2. The SMILES string of the molecule is COc1ccccc1OCCn1c(C(c2ccccc2)c2ccccc2)nc2ccccc21. The maximum absolute atomic E-state index is 6.12. The Labute approximate surface area is 194 Å². The molecule has 1 aromatic heterocycles. The van der Waals surface area contributed by atoms with E-state index < -0.39 is 0 Å². The largest absolute Gasteiger partial charge is 0.493 e. The average molecular weight is 435 g/mol. The zero-order valence-electron chi connectivity index (χ0n) is 18.6.